The summed E-state index contributed by atoms with van der Waals surface area (Å²) in [5, 5.41) is 2.63. The Morgan fingerprint density at radius 3 is 2.59 bits per heavy atom. The molecule has 8 heteroatoms. The lowest BCUT2D eigenvalue weighted by atomic mass is 10.2. The lowest BCUT2D eigenvalue weighted by molar-refractivity contribution is -0.124. The van der Waals surface area contributed by atoms with Crippen molar-refractivity contribution in [1.29, 1.82) is 0 Å². The van der Waals surface area contributed by atoms with Crippen molar-refractivity contribution in [3.8, 4) is 0 Å². The maximum Gasteiger partial charge on any atom is 0.282 e. The van der Waals surface area contributed by atoms with Crippen LogP contribution >= 0.6 is 0 Å². The summed E-state index contributed by atoms with van der Waals surface area (Å²) in [6.45, 7) is 2.44. The SMILES string of the molecule is CCNC(=O)[C@@H]1C[C@H](N)CN1S(=O)(=O)N(C)C. The first-order chi connectivity index (χ1) is 7.80. The number of nitrogens with two attached hydrogens (primary N) is 1. The van der Waals surface area contributed by atoms with E-state index in [1.165, 1.54) is 18.4 Å². The van der Waals surface area contributed by atoms with E-state index >= 15 is 0 Å². The lowest BCUT2D eigenvalue weighted by Crippen LogP contribution is -2.49. The van der Waals surface area contributed by atoms with Gasteiger partial charge in [0, 0.05) is 33.2 Å². The van der Waals surface area contributed by atoms with Gasteiger partial charge in [-0.25, -0.2) is 0 Å². The zero-order chi connectivity index (χ0) is 13.2. The summed E-state index contributed by atoms with van der Waals surface area (Å²) in [7, 11) is -0.719. The van der Waals surface area contributed by atoms with Gasteiger partial charge in [0.25, 0.3) is 10.2 Å². The molecule has 0 aromatic carbocycles. The monoisotopic (exact) mass is 264 g/mol. The van der Waals surface area contributed by atoms with Crippen LogP contribution < -0.4 is 11.1 Å². The highest BCUT2D eigenvalue weighted by atomic mass is 32.2. The van der Waals surface area contributed by atoms with Gasteiger partial charge in [0.1, 0.15) is 6.04 Å². The number of amides is 1. The molecule has 1 amide bonds. The Labute approximate surface area is 102 Å². The molecule has 1 aliphatic heterocycles. The number of carbonyl (C=O) groups is 1. The molecule has 1 heterocycles. The highest BCUT2D eigenvalue weighted by Crippen LogP contribution is 2.21. The van der Waals surface area contributed by atoms with Crippen LogP contribution in [-0.4, -0.2) is 62.2 Å². The predicted octanol–water partition coefficient (Wildman–Crippen LogP) is -1.67. The van der Waals surface area contributed by atoms with Crippen molar-refractivity contribution in [3.05, 3.63) is 0 Å². The molecule has 1 fully saturated rings. The molecule has 0 aromatic heterocycles. The smallest absolute Gasteiger partial charge is 0.282 e. The quantitative estimate of drug-likeness (QED) is 0.634. The van der Waals surface area contributed by atoms with Crippen LogP contribution in [0.4, 0.5) is 0 Å². The Balaban J connectivity index is 2.93. The summed E-state index contributed by atoms with van der Waals surface area (Å²) < 4.78 is 26.3. The Morgan fingerprint density at radius 1 is 1.53 bits per heavy atom. The molecule has 0 aromatic rings. The maximum atomic E-state index is 12.0. The molecule has 2 atom stereocenters. The zero-order valence-electron chi connectivity index (χ0n) is 10.4. The van der Waals surface area contributed by atoms with Crippen LogP contribution in [0, 0.1) is 0 Å². The Hall–Kier alpha value is -0.700. The van der Waals surface area contributed by atoms with Crippen LogP contribution in [0.5, 0.6) is 0 Å². The third kappa shape index (κ3) is 2.95. The number of rotatable bonds is 4. The molecule has 1 rings (SSSR count). The average molecular weight is 264 g/mol. The predicted molar refractivity (Wildman–Crippen MR) is 64.4 cm³/mol. The summed E-state index contributed by atoms with van der Waals surface area (Å²) in [4.78, 5) is 11.8. The van der Waals surface area contributed by atoms with E-state index in [0.29, 0.717) is 13.0 Å². The van der Waals surface area contributed by atoms with E-state index in [0.717, 1.165) is 4.31 Å². The second kappa shape index (κ2) is 5.30. The number of hydrogen-bond acceptors (Lipinski definition) is 4. The van der Waals surface area contributed by atoms with Crippen molar-refractivity contribution in [2.75, 3.05) is 27.2 Å². The molecule has 1 saturated heterocycles. The largest absolute Gasteiger partial charge is 0.355 e. The van der Waals surface area contributed by atoms with Gasteiger partial charge in [0.2, 0.25) is 5.91 Å². The molecule has 0 saturated carbocycles. The van der Waals surface area contributed by atoms with E-state index in [1.807, 2.05) is 0 Å². The van der Waals surface area contributed by atoms with E-state index in [1.54, 1.807) is 6.92 Å². The van der Waals surface area contributed by atoms with E-state index in [-0.39, 0.29) is 18.5 Å². The topological polar surface area (TPSA) is 95.7 Å². The van der Waals surface area contributed by atoms with Gasteiger partial charge in [-0.2, -0.15) is 17.0 Å². The van der Waals surface area contributed by atoms with Crippen LogP contribution in [0.25, 0.3) is 0 Å². The fraction of sp³-hybridized carbons (Fsp3) is 0.889. The van der Waals surface area contributed by atoms with Crippen LogP contribution in [-0.2, 0) is 15.0 Å². The first-order valence-electron chi connectivity index (χ1n) is 5.53. The zero-order valence-corrected chi connectivity index (χ0v) is 11.2. The number of hydrogen-bond donors (Lipinski definition) is 2. The molecular formula is C9H20N4O3S. The minimum atomic E-state index is -3.60. The van der Waals surface area contributed by atoms with Gasteiger partial charge >= 0.3 is 0 Å². The summed E-state index contributed by atoms with van der Waals surface area (Å²) in [5.41, 5.74) is 5.74. The van der Waals surface area contributed by atoms with Crippen molar-refractivity contribution in [3.63, 3.8) is 0 Å². The normalized spacial score (nSPS) is 26.4. The summed E-state index contributed by atoms with van der Waals surface area (Å²) >= 11 is 0. The lowest BCUT2D eigenvalue weighted by Gasteiger charge is -2.25. The van der Waals surface area contributed by atoms with Gasteiger partial charge in [-0.05, 0) is 13.3 Å². The molecule has 100 valence electrons. The Bertz CT molecular complexity index is 382. The van der Waals surface area contributed by atoms with Crippen molar-refractivity contribution in [2.45, 2.75) is 25.4 Å². The number of carbonyl (C=O) groups excluding carboxylic acids is 1. The first-order valence-corrected chi connectivity index (χ1v) is 6.93. The van der Waals surface area contributed by atoms with Gasteiger partial charge in [0.05, 0.1) is 0 Å². The number of nitrogens with zero attached hydrogens (tertiary/aromatic N) is 2. The van der Waals surface area contributed by atoms with Crippen molar-refractivity contribution in [2.24, 2.45) is 5.73 Å². The molecule has 17 heavy (non-hydrogen) atoms. The minimum absolute atomic E-state index is 0.183. The molecule has 0 unspecified atom stereocenters. The summed E-state index contributed by atoms with van der Waals surface area (Å²) in [6.07, 6.45) is 0.360. The standard InChI is InChI=1S/C9H20N4O3S/c1-4-11-9(14)8-5-7(10)6-13(8)17(15,16)12(2)3/h7-8H,4-6,10H2,1-3H3,(H,11,14)/t7-,8-/m0/s1. The van der Waals surface area contributed by atoms with Crippen molar-refractivity contribution in [1.82, 2.24) is 13.9 Å². The highest BCUT2D eigenvalue weighted by Gasteiger charge is 2.42. The van der Waals surface area contributed by atoms with Crippen molar-refractivity contribution < 1.29 is 13.2 Å². The van der Waals surface area contributed by atoms with Crippen LogP contribution in [0.1, 0.15) is 13.3 Å². The average Bonchev–Trinajstić information content (AvgIpc) is 2.61. The summed E-state index contributed by atoms with van der Waals surface area (Å²) in [5.74, 6) is -0.286. The van der Waals surface area contributed by atoms with Crippen LogP contribution in [0.3, 0.4) is 0 Å². The molecule has 7 nitrogen and oxygen atoms in total. The molecule has 0 aliphatic carbocycles. The van der Waals surface area contributed by atoms with Gasteiger partial charge in [-0.1, -0.05) is 0 Å². The van der Waals surface area contributed by atoms with E-state index in [2.05, 4.69) is 5.32 Å². The number of likely N-dealkylation sites (N-methyl/N-ethyl adjacent to an activating group) is 1. The van der Waals surface area contributed by atoms with Gasteiger partial charge in [-0.3, -0.25) is 4.79 Å². The van der Waals surface area contributed by atoms with Crippen LogP contribution in [0.15, 0.2) is 0 Å². The van der Waals surface area contributed by atoms with E-state index in [9.17, 15) is 13.2 Å². The molecular weight excluding hydrogens is 244 g/mol. The third-order valence-corrected chi connectivity index (χ3v) is 4.62. The van der Waals surface area contributed by atoms with E-state index < -0.39 is 16.3 Å². The van der Waals surface area contributed by atoms with Gasteiger partial charge < -0.3 is 11.1 Å². The third-order valence-electron chi connectivity index (χ3n) is 2.70. The Kier molecular flexibility index (Phi) is 4.48. The molecule has 3 N–H and O–H groups in total. The fourth-order valence-corrected chi connectivity index (χ4v) is 3.13. The molecule has 1 aliphatic rings. The second-order valence-electron chi connectivity index (χ2n) is 4.27. The maximum absolute atomic E-state index is 12.0. The molecule has 0 bridgehead atoms. The first kappa shape index (κ1) is 14.4. The van der Waals surface area contributed by atoms with Crippen molar-refractivity contribution >= 4 is 16.1 Å². The Morgan fingerprint density at radius 2 is 2.12 bits per heavy atom. The molecule has 0 spiro atoms. The van der Waals surface area contributed by atoms with Gasteiger partial charge in [0.15, 0.2) is 0 Å². The highest BCUT2D eigenvalue weighted by molar-refractivity contribution is 7.86. The minimum Gasteiger partial charge on any atom is -0.355 e. The number of nitrogens with one attached hydrogen (secondary N) is 1. The molecule has 0 radical (unpaired) electrons. The van der Waals surface area contributed by atoms with E-state index in [4.69, 9.17) is 5.73 Å². The van der Waals surface area contributed by atoms with Gasteiger partial charge in [-0.15, -0.1) is 0 Å². The van der Waals surface area contributed by atoms with Crippen LogP contribution in [0.2, 0.25) is 0 Å². The second-order valence-corrected chi connectivity index (χ2v) is 6.36. The summed E-state index contributed by atoms with van der Waals surface area (Å²) in [6, 6.07) is -0.991. The fourth-order valence-electron chi connectivity index (χ4n) is 1.83.